The van der Waals surface area contributed by atoms with Crippen LogP contribution in [0.2, 0.25) is 0 Å². The van der Waals surface area contributed by atoms with Gasteiger partial charge in [-0.15, -0.1) is 6.58 Å². The van der Waals surface area contributed by atoms with Gasteiger partial charge in [-0.25, -0.2) is 8.78 Å². The largest absolute Gasteiger partial charge is 0.388 e. The van der Waals surface area contributed by atoms with Gasteiger partial charge in [0.2, 0.25) is 0 Å². The standard InChI is InChI=1S/C13H12F2O/c1-2-3-8-4-5-9-6-11(14)12(15)7-10(9)13(8)16/h2,4-8,13,16H,1,3H2/t8-,13-/m0/s1. The molecule has 0 unspecified atom stereocenters. The summed E-state index contributed by atoms with van der Waals surface area (Å²) in [5.74, 6) is -1.93. The molecule has 84 valence electrons. The lowest BCUT2D eigenvalue weighted by Gasteiger charge is -2.24. The molecule has 2 rings (SSSR count). The van der Waals surface area contributed by atoms with Crippen molar-refractivity contribution in [2.24, 2.45) is 5.92 Å². The fourth-order valence-electron chi connectivity index (χ4n) is 1.94. The van der Waals surface area contributed by atoms with E-state index in [1.165, 1.54) is 0 Å². The summed E-state index contributed by atoms with van der Waals surface area (Å²) in [7, 11) is 0. The molecule has 0 amide bonds. The molecule has 1 nitrogen and oxygen atoms in total. The van der Waals surface area contributed by atoms with E-state index in [9.17, 15) is 13.9 Å². The second kappa shape index (κ2) is 4.18. The van der Waals surface area contributed by atoms with Crippen molar-refractivity contribution >= 4 is 6.08 Å². The first-order valence-corrected chi connectivity index (χ1v) is 5.09. The van der Waals surface area contributed by atoms with E-state index < -0.39 is 17.7 Å². The van der Waals surface area contributed by atoms with Gasteiger partial charge < -0.3 is 5.11 Å². The van der Waals surface area contributed by atoms with Crippen molar-refractivity contribution < 1.29 is 13.9 Å². The molecule has 0 heterocycles. The molecule has 1 N–H and O–H groups in total. The average molecular weight is 222 g/mol. The van der Waals surface area contributed by atoms with E-state index in [0.717, 1.165) is 12.1 Å². The van der Waals surface area contributed by atoms with Gasteiger partial charge in [-0.2, -0.15) is 0 Å². The van der Waals surface area contributed by atoms with Crippen molar-refractivity contribution in [3.8, 4) is 0 Å². The molecule has 16 heavy (non-hydrogen) atoms. The molecule has 0 saturated carbocycles. The highest BCUT2D eigenvalue weighted by Gasteiger charge is 2.24. The Kier molecular flexibility index (Phi) is 2.88. The molecule has 1 aromatic carbocycles. The number of halogens is 2. The lowest BCUT2D eigenvalue weighted by atomic mass is 9.85. The maximum Gasteiger partial charge on any atom is 0.159 e. The molecule has 0 aliphatic heterocycles. The summed E-state index contributed by atoms with van der Waals surface area (Å²) in [4.78, 5) is 0. The Morgan fingerprint density at radius 2 is 2.00 bits per heavy atom. The molecule has 1 aliphatic carbocycles. The minimum atomic E-state index is -0.926. The number of allylic oxidation sites excluding steroid dienone is 1. The van der Waals surface area contributed by atoms with Crippen LogP contribution in [0.3, 0.4) is 0 Å². The summed E-state index contributed by atoms with van der Waals surface area (Å²) in [5, 5.41) is 9.98. The number of hydrogen-bond donors (Lipinski definition) is 1. The third-order valence-corrected chi connectivity index (χ3v) is 2.81. The van der Waals surface area contributed by atoms with Crippen LogP contribution in [0, 0.1) is 17.6 Å². The fraction of sp³-hybridized carbons (Fsp3) is 0.231. The van der Waals surface area contributed by atoms with Crippen LogP contribution in [-0.4, -0.2) is 5.11 Å². The molecule has 0 fully saturated rings. The Morgan fingerprint density at radius 1 is 1.31 bits per heavy atom. The smallest absolute Gasteiger partial charge is 0.159 e. The van der Waals surface area contributed by atoms with Crippen LogP contribution in [0.4, 0.5) is 8.78 Å². The van der Waals surface area contributed by atoms with E-state index in [0.29, 0.717) is 17.5 Å². The van der Waals surface area contributed by atoms with Crippen LogP contribution in [0.5, 0.6) is 0 Å². The lowest BCUT2D eigenvalue weighted by Crippen LogP contribution is -2.15. The minimum absolute atomic E-state index is 0.116. The maximum atomic E-state index is 13.1. The van der Waals surface area contributed by atoms with E-state index in [-0.39, 0.29) is 5.92 Å². The topological polar surface area (TPSA) is 20.2 Å². The summed E-state index contributed by atoms with van der Waals surface area (Å²) in [5.41, 5.74) is 0.972. The summed E-state index contributed by atoms with van der Waals surface area (Å²) in [6, 6.07) is 2.17. The van der Waals surface area contributed by atoms with Crippen LogP contribution in [-0.2, 0) is 0 Å². The molecule has 3 heteroatoms. The monoisotopic (exact) mass is 222 g/mol. The first-order valence-electron chi connectivity index (χ1n) is 5.09. The number of aliphatic hydroxyl groups excluding tert-OH is 1. The summed E-state index contributed by atoms with van der Waals surface area (Å²) >= 11 is 0. The van der Waals surface area contributed by atoms with Crippen LogP contribution in [0.1, 0.15) is 23.7 Å². The molecular formula is C13H12F2O. The summed E-state index contributed by atoms with van der Waals surface area (Å²) in [6.07, 6.45) is 5.01. The van der Waals surface area contributed by atoms with Gasteiger partial charge in [0, 0.05) is 5.92 Å². The van der Waals surface area contributed by atoms with Crippen molar-refractivity contribution in [2.45, 2.75) is 12.5 Å². The van der Waals surface area contributed by atoms with Gasteiger partial charge in [-0.05, 0) is 29.7 Å². The lowest BCUT2D eigenvalue weighted by molar-refractivity contribution is 0.130. The van der Waals surface area contributed by atoms with Crippen molar-refractivity contribution in [3.63, 3.8) is 0 Å². The van der Waals surface area contributed by atoms with Gasteiger partial charge in [0.1, 0.15) is 0 Å². The first kappa shape index (κ1) is 11.0. The van der Waals surface area contributed by atoms with Gasteiger partial charge in [0.25, 0.3) is 0 Å². The molecule has 0 radical (unpaired) electrons. The Morgan fingerprint density at radius 3 is 2.69 bits per heavy atom. The normalized spacial score (nSPS) is 22.9. The Labute approximate surface area is 92.7 Å². The second-order valence-corrected chi connectivity index (χ2v) is 3.89. The highest BCUT2D eigenvalue weighted by Crippen LogP contribution is 2.35. The molecule has 1 aromatic rings. The zero-order chi connectivity index (χ0) is 11.7. The van der Waals surface area contributed by atoms with E-state index >= 15 is 0 Å². The van der Waals surface area contributed by atoms with Crippen molar-refractivity contribution in [1.29, 1.82) is 0 Å². The zero-order valence-electron chi connectivity index (χ0n) is 8.66. The van der Waals surface area contributed by atoms with Crippen LogP contribution < -0.4 is 0 Å². The fourth-order valence-corrected chi connectivity index (χ4v) is 1.94. The Balaban J connectivity index is 2.43. The van der Waals surface area contributed by atoms with Gasteiger partial charge >= 0.3 is 0 Å². The van der Waals surface area contributed by atoms with E-state index in [2.05, 4.69) is 6.58 Å². The number of hydrogen-bond acceptors (Lipinski definition) is 1. The number of rotatable bonds is 2. The zero-order valence-corrected chi connectivity index (χ0v) is 8.66. The van der Waals surface area contributed by atoms with Crippen LogP contribution >= 0.6 is 0 Å². The highest BCUT2D eigenvalue weighted by molar-refractivity contribution is 5.58. The number of benzene rings is 1. The molecule has 2 atom stereocenters. The second-order valence-electron chi connectivity index (χ2n) is 3.89. The third kappa shape index (κ3) is 1.78. The highest BCUT2D eigenvalue weighted by atomic mass is 19.2. The Bertz CT molecular complexity index is 451. The quantitative estimate of drug-likeness (QED) is 0.762. The van der Waals surface area contributed by atoms with Gasteiger partial charge in [0.05, 0.1) is 6.10 Å². The molecule has 0 bridgehead atoms. The van der Waals surface area contributed by atoms with Gasteiger partial charge in [-0.3, -0.25) is 0 Å². The van der Waals surface area contributed by atoms with E-state index in [4.69, 9.17) is 0 Å². The van der Waals surface area contributed by atoms with Crippen LogP contribution in [0.15, 0.2) is 30.9 Å². The van der Waals surface area contributed by atoms with Crippen molar-refractivity contribution in [2.75, 3.05) is 0 Å². The van der Waals surface area contributed by atoms with Gasteiger partial charge in [-0.1, -0.05) is 18.2 Å². The average Bonchev–Trinajstić information content (AvgIpc) is 2.26. The predicted molar refractivity (Wildman–Crippen MR) is 58.7 cm³/mol. The summed E-state index contributed by atoms with van der Waals surface area (Å²) < 4.78 is 26.0. The summed E-state index contributed by atoms with van der Waals surface area (Å²) in [6.45, 7) is 3.60. The molecule has 0 saturated heterocycles. The molecule has 0 aromatic heterocycles. The number of aliphatic hydroxyl groups is 1. The first-order chi connectivity index (χ1) is 7.63. The molecule has 1 aliphatic rings. The number of fused-ring (bicyclic) bond motifs is 1. The van der Waals surface area contributed by atoms with E-state index in [1.807, 2.05) is 0 Å². The third-order valence-electron chi connectivity index (χ3n) is 2.81. The maximum absolute atomic E-state index is 13.1. The Hall–Kier alpha value is -1.48. The van der Waals surface area contributed by atoms with Crippen molar-refractivity contribution in [1.82, 2.24) is 0 Å². The van der Waals surface area contributed by atoms with E-state index in [1.54, 1.807) is 18.2 Å². The molecule has 0 spiro atoms. The SMILES string of the molecule is C=CC[C@H]1C=Cc2cc(F)c(F)cc2[C@H]1O. The minimum Gasteiger partial charge on any atom is -0.388 e. The van der Waals surface area contributed by atoms with Gasteiger partial charge in [0.15, 0.2) is 11.6 Å². The van der Waals surface area contributed by atoms with Crippen molar-refractivity contribution in [3.05, 3.63) is 53.6 Å². The predicted octanol–water partition coefficient (Wildman–Crippen LogP) is 3.22. The molecular weight excluding hydrogens is 210 g/mol. The van der Waals surface area contributed by atoms with Crippen LogP contribution in [0.25, 0.3) is 6.08 Å².